The molecule has 0 amide bonds. The Bertz CT molecular complexity index is 394. The molecule has 1 heterocycles. The highest BCUT2D eigenvalue weighted by molar-refractivity contribution is 5.19. The van der Waals surface area contributed by atoms with E-state index in [-0.39, 0.29) is 6.61 Å². The first-order valence-corrected chi connectivity index (χ1v) is 6.16. The second kappa shape index (κ2) is 5.85. The molecular formula is C13H18N2O2. The molecule has 17 heavy (non-hydrogen) atoms. The van der Waals surface area contributed by atoms with Crippen LogP contribution in [0.25, 0.3) is 0 Å². The summed E-state index contributed by atoms with van der Waals surface area (Å²) in [5, 5.41) is 21.4. The lowest BCUT2D eigenvalue weighted by atomic mass is 9.85. The molecule has 2 atom stereocenters. The van der Waals surface area contributed by atoms with Crippen LogP contribution in [0.1, 0.15) is 37.2 Å². The molecule has 0 aromatic carbocycles. The van der Waals surface area contributed by atoms with Crippen LogP contribution in [0.15, 0.2) is 16.5 Å². The molecule has 2 N–H and O–H groups in total. The minimum Gasteiger partial charge on any atom is -0.449 e. The number of aliphatic hydroxyl groups is 1. The van der Waals surface area contributed by atoms with Crippen molar-refractivity contribution in [3.05, 3.63) is 23.7 Å². The summed E-state index contributed by atoms with van der Waals surface area (Å²) >= 11 is 0. The topological polar surface area (TPSA) is 69.2 Å². The Labute approximate surface area is 101 Å². The van der Waals surface area contributed by atoms with Gasteiger partial charge in [-0.1, -0.05) is 12.8 Å². The second-order valence-electron chi connectivity index (χ2n) is 4.59. The maximum absolute atomic E-state index is 9.29. The van der Waals surface area contributed by atoms with Gasteiger partial charge in [-0.15, -0.1) is 0 Å². The van der Waals surface area contributed by atoms with Crippen molar-refractivity contribution in [2.24, 2.45) is 5.92 Å². The molecule has 0 saturated heterocycles. The molecule has 0 aliphatic heterocycles. The average Bonchev–Trinajstić information content (AvgIpc) is 2.84. The van der Waals surface area contributed by atoms with Gasteiger partial charge < -0.3 is 14.8 Å². The van der Waals surface area contributed by atoms with Crippen molar-refractivity contribution in [3.8, 4) is 6.07 Å². The molecule has 1 aromatic heterocycles. The van der Waals surface area contributed by atoms with Crippen molar-refractivity contribution in [2.75, 3.05) is 6.61 Å². The van der Waals surface area contributed by atoms with E-state index in [0.29, 0.717) is 24.3 Å². The highest BCUT2D eigenvalue weighted by Crippen LogP contribution is 2.24. The molecule has 1 aliphatic carbocycles. The Balaban J connectivity index is 1.86. The average molecular weight is 234 g/mol. The summed E-state index contributed by atoms with van der Waals surface area (Å²) in [6, 6.07) is 5.84. The van der Waals surface area contributed by atoms with Crippen LogP contribution < -0.4 is 5.32 Å². The summed E-state index contributed by atoms with van der Waals surface area (Å²) < 4.78 is 5.31. The third-order valence-electron chi connectivity index (χ3n) is 3.45. The molecule has 2 unspecified atom stereocenters. The number of rotatable bonds is 4. The van der Waals surface area contributed by atoms with E-state index in [1.54, 1.807) is 6.07 Å². The van der Waals surface area contributed by atoms with Gasteiger partial charge in [0.05, 0.1) is 6.54 Å². The fourth-order valence-corrected chi connectivity index (χ4v) is 2.46. The number of nitrogens with zero attached hydrogens (tertiary/aromatic N) is 1. The van der Waals surface area contributed by atoms with Crippen molar-refractivity contribution < 1.29 is 9.52 Å². The fraction of sp³-hybridized carbons (Fsp3) is 0.615. The van der Waals surface area contributed by atoms with Gasteiger partial charge in [0.15, 0.2) is 0 Å². The molecule has 0 radical (unpaired) electrons. The molecule has 4 nitrogen and oxygen atoms in total. The quantitative estimate of drug-likeness (QED) is 0.833. The van der Waals surface area contributed by atoms with Gasteiger partial charge in [0.25, 0.3) is 0 Å². The largest absolute Gasteiger partial charge is 0.449 e. The first-order valence-electron chi connectivity index (χ1n) is 6.16. The summed E-state index contributed by atoms with van der Waals surface area (Å²) in [6.45, 7) is 0.877. The summed E-state index contributed by atoms with van der Waals surface area (Å²) in [4.78, 5) is 0. The fourth-order valence-electron chi connectivity index (χ4n) is 2.46. The van der Waals surface area contributed by atoms with E-state index in [0.717, 1.165) is 18.6 Å². The highest BCUT2D eigenvalue weighted by Gasteiger charge is 2.23. The van der Waals surface area contributed by atoms with Gasteiger partial charge in [0.2, 0.25) is 5.76 Å². The molecule has 92 valence electrons. The number of nitriles is 1. The molecule has 4 heteroatoms. The number of hydrogen-bond donors (Lipinski definition) is 2. The van der Waals surface area contributed by atoms with Crippen molar-refractivity contribution in [2.45, 2.75) is 38.3 Å². The normalized spacial score (nSPS) is 24.5. The molecule has 1 fully saturated rings. The van der Waals surface area contributed by atoms with E-state index in [4.69, 9.17) is 9.68 Å². The maximum Gasteiger partial charge on any atom is 0.203 e. The standard InChI is InChI=1S/C13H18N2O2/c14-7-11-5-6-12(17-11)8-15-13-4-2-1-3-10(13)9-16/h5-6,10,13,15-16H,1-4,8-9H2. The van der Waals surface area contributed by atoms with Crippen LogP contribution in [-0.2, 0) is 6.54 Å². The Morgan fingerprint density at radius 1 is 1.41 bits per heavy atom. The second-order valence-corrected chi connectivity index (χ2v) is 4.59. The van der Waals surface area contributed by atoms with E-state index in [9.17, 15) is 5.11 Å². The van der Waals surface area contributed by atoms with Gasteiger partial charge in [0, 0.05) is 12.6 Å². The predicted octanol–water partition coefficient (Wildman–Crippen LogP) is 1.79. The number of aliphatic hydroxyl groups excluding tert-OH is 1. The van der Waals surface area contributed by atoms with Crippen LogP contribution in [-0.4, -0.2) is 17.8 Å². The zero-order valence-electron chi connectivity index (χ0n) is 9.85. The van der Waals surface area contributed by atoms with Crippen molar-refractivity contribution in [1.29, 1.82) is 5.26 Å². The summed E-state index contributed by atoms with van der Waals surface area (Å²) in [5.74, 6) is 1.49. The van der Waals surface area contributed by atoms with Gasteiger partial charge in [-0.2, -0.15) is 5.26 Å². The molecule has 1 saturated carbocycles. The van der Waals surface area contributed by atoms with Crippen LogP contribution in [0.2, 0.25) is 0 Å². The van der Waals surface area contributed by atoms with Gasteiger partial charge in [-0.05, 0) is 30.9 Å². The van der Waals surface area contributed by atoms with Gasteiger partial charge >= 0.3 is 0 Å². The third-order valence-corrected chi connectivity index (χ3v) is 3.45. The lowest BCUT2D eigenvalue weighted by Gasteiger charge is -2.30. The SMILES string of the molecule is N#Cc1ccc(CNC2CCCCC2CO)o1. The Morgan fingerprint density at radius 3 is 2.94 bits per heavy atom. The molecule has 0 bridgehead atoms. The van der Waals surface area contributed by atoms with Crippen molar-refractivity contribution in [3.63, 3.8) is 0 Å². The first-order chi connectivity index (χ1) is 8.33. The van der Waals surface area contributed by atoms with E-state index in [2.05, 4.69) is 5.32 Å². The Morgan fingerprint density at radius 2 is 2.24 bits per heavy atom. The minimum absolute atomic E-state index is 0.249. The third kappa shape index (κ3) is 3.09. The molecule has 2 rings (SSSR count). The van der Waals surface area contributed by atoms with Crippen LogP contribution in [0, 0.1) is 17.2 Å². The smallest absolute Gasteiger partial charge is 0.203 e. The Kier molecular flexibility index (Phi) is 4.18. The predicted molar refractivity (Wildman–Crippen MR) is 63.1 cm³/mol. The van der Waals surface area contributed by atoms with E-state index >= 15 is 0 Å². The first kappa shape index (κ1) is 12.2. The Hall–Kier alpha value is -1.31. The summed E-state index contributed by atoms with van der Waals surface area (Å²) in [7, 11) is 0. The molecule has 0 spiro atoms. The zero-order chi connectivity index (χ0) is 12.1. The van der Waals surface area contributed by atoms with Crippen molar-refractivity contribution in [1.82, 2.24) is 5.32 Å². The minimum atomic E-state index is 0.249. The van der Waals surface area contributed by atoms with Crippen LogP contribution >= 0.6 is 0 Å². The lowest BCUT2D eigenvalue weighted by molar-refractivity contribution is 0.151. The van der Waals surface area contributed by atoms with E-state index < -0.39 is 0 Å². The van der Waals surface area contributed by atoms with Gasteiger partial charge in [0.1, 0.15) is 11.8 Å². The van der Waals surface area contributed by atoms with Crippen LogP contribution in [0.3, 0.4) is 0 Å². The lowest BCUT2D eigenvalue weighted by Crippen LogP contribution is -2.39. The summed E-state index contributed by atoms with van der Waals surface area (Å²) in [5.41, 5.74) is 0. The molecular weight excluding hydrogens is 216 g/mol. The zero-order valence-corrected chi connectivity index (χ0v) is 9.85. The molecule has 1 aliphatic rings. The molecule has 1 aromatic rings. The number of furan rings is 1. The van der Waals surface area contributed by atoms with Gasteiger partial charge in [-0.25, -0.2) is 0 Å². The van der Waals surface area contributed by atoms with E-state index in [1.165, 1.54) is 12.8 Å². The van der Waals surface area contributed by atoms with Gasteiger partial charge in [-0.3, -0.25) is 0 Å². The number of hydrogen-bond acceptors (Lipinski definition) is 4. The summed E-state index contributed by atoms with van der Waals surface area (Å²) in [6.07, 6.45) is 4.63. The maximum atomic E-state index is 9.29. The highest BCUT2D eigenvalue weighted by atomic mass is 16.3. The number of nitrogens with one attached hydrogen (secondary N) is 1. The monoisotopic (exact) mass is 234 g/mol. The van der Waals surface area contributed by atoms with Crippen LogP contribution in [0.5, 0.6) is 0 Å². The van der Waals surface area contributed by atoms with Crippen molar-refractivity contribution >= 4 is 0 Å². The van der Waals surface area contributed by atoms with Crippen LogP contribution in [0.4, 0.5) is 0 Å². The van der Waals surface area contributed by atoms with E-state index in [1.807, 2.05) is 12.1 Å².